The summed E-state index contributed by atoms with van der Waals surface area (Å²) in [6.07, 6.45) is 6.13. The van der Waals surface area contributed by atoms with Crippen molar-refractivity contribution in [1.29, 1.82) is 5.26 Å². The number of rotatable bonds is 4. The van der Waals surface area contributed by atoms with Gasteiger partial charge in [-0.15, -0.1) is 0 Å². The van der Waals surface area contributed by atoms with E-state index in [2.05, 4.69) is 22.8 Å². The fraction of sp³-hybridized carbons (Fsp3) is 0.929. The highest BCUT2D eigenvalue weighted by Gasteiger charge is 2.24. The summed E-state index contributed by atoms with van der Waals surface area (Å²) in [5.74, 6) is 0.902. The molecule has 1 atom stereocenters. The van der Waals surface area contributed by atoms with Gasteiger partial charge >= 0.3 is 0 Å². The smallest absolute Gasteiger partial charge is 0.0638 e. The molecule has 0 bridgehead atoms. The first-order valence-electron chi connectivity index (χ1n) is 7.13. The molecule has 0 aliphatic carbocycles. The van der Waals surface area contributed by atoms with Crippen LogP contribution in [0.2, 0.25) is 0 Å². The molecule has 2 rings (SSSR count). The average Bonchev–Trinajstić information content (AvgIpc) is 2.83. The first-order valence-corrected chi connectivity index (χ1v) is 7.13. The molecule has 0 saturated carbocycles. The van der Waals surface area contributed by atoms with E-state index < -0.39 is 0 Å². The van der Waals surface area contributed by atoms with Crippen LogP contribution in [0.1, 0.15) is 39.0 Å². The van der Waals surface area contributed by atoms with Crippen LogP contribution in [0.4, 0.5) is 0 Å². The van der Waals surface area contributed by atoms with E-state index in [1.807, 2.05) is 0 Å². The molecule has 2 saturated heterocycles. The Bertz CT molecular complexity index is 257. The Morgan fingerprint density at radius 2 is 1.82 bits per heavy atom. The number of piperidine rings is 1. The molecule has 2 heterocycles. The van der Waals surface area contributed by atoms with Gasteiger partial charge in [0.15, 0.2) is 0 Å². The van der Waals surface area contributed by atoms with Gasteiger partial charge in [0.1, 0.15) is 0 Å². The van der Waals surface area contributed by atoms with Crippen molar-refractivity contribution in [3.8, 4) is 6.07 Å². The summed E-state index contributed by atoms with van der Waals surface area (Å²) in [7, 11) is 0. The molecule has 0 amide bonds. The second-order valence-electron chi connectivity index (χ2n) is 5.70. The van der Waals surface area contributed by atoms with Crippen LogP contribution in [-0.4, -0.2) is 48.6 Å². The van der Waals surface area contributed by atoms with Crippen molar-refractivity contribution in [3.05, 3.63) is 0 Å². The zero-order valence-corrected chi connectivity index (χ0v) is 11.1. The maximum absolute atomic E-state index is 8.73. The van der Waals surface area contributed by atoms with Crippen molar-refractivity contribution in [2.75, 3.05) is 32.7 Å². The van der Waals surface area contributed by atoms with Crippen LogP contribution in [0, 0.1) is 17.2 Å². The maximum Gasteiger partial charge on any atom is 0.0638 e. The number of nitrogens with zero attached hydrogens (tertiary/aromatic N) is 3. The van der Waals surface area contributed by atoms with Gasteiger partial charge in [-0.25, -0.2) is 0 Å². The van der Waals surface area contributed by atoms with Gasteiger partial charge in [-0.3, -0.25) is 4.90 Å². The SMILES string of the molecule is CC(CC#N)N1CCC(CN2CCCC2)CC1. The second kappa shape index (κ2) is 6.37. The Balaban J connectivity index is 1.68. The highest BCUT2D eigenvalue weighted by Crippen LogP contribution is 2.22. The van der Waals surface area contributed by atoms with E-state index in [1.165, 1.54) is 58.4 Å². The van der Waals surface area contributed by atoms with Gasteiger partial charge in [0, 0.05) is 12.6 Å². The monoisotopic (exact) mass is 235 g/mol. The first kappa shape index (κ1) is 12.9. The van der Waals surface area contributed by atoms with E-state index in [-0.39, 0.29) is 0 Å². The van der Waals surface area contributed by atoms with Crippen LogP contribution in [0.15, 0.2) is 0 Å². The predicted molar refractivity (Wildman–Crippen MR) is 69.7 cm³/mol. The fourth-order valence-electron chi connectivity index (χ4n) is 3.17. The zero-order valence-electron chi connectivity index (χ0n) is 11.1. The van der Waals surface area contributed by atoms with E-state index in [9.17, 15) is 0 Å². The van der Waals surface area contributed by atoms with Crippen molar-refractivity contribution < 1.29 is 0 Å². The molecule has 0 aromatic rings. The topological polar surface area (TPSA) is 30.3 Å². The molecule has 0 radical (unpaired) electrons. The average molecular weight is 235 g/mol. The lowest BCUT2D eigenvalue weighted by Gasteiger charge is -2.36. The summed E-state index contributed by atoms with van der Waals surface area (Å²) in [5, 5.41) is 8.73. The molecule has 2 aliphatic rings. The van der Waals surface area contributed by atoms with Crippen molar-refractivity contribution in [2.45, 2.75) is 45.1 Å². The molecule has 2 fully saturated rings. The third-order valence-corrected chi connectivity index (χ3v) is 4.37. The van der Waals surface area contributed by atoms with Gasteiger partial charge in [-0.2, -0.15) is 5.26 Å². The van der Waals surface area contributed by atoms with Crippen molar-refractivity contribution in [1.82, 2.24) is 9.80 Å². The minimum atomic E-state index is 0.452. The molecular weight excluding hydrogens is 210 g/mol. The van der Waals surface area contributed by atoms with E-state index in [1.54, 1.807) is 0 Å². The Kier molecular flexibility index (Phi) is 4.82. The number of hydrogen-bond donors (Lipinski definition) is 0. The van der Waals surface area contributed by atoms with Crippen molar-refractivity contribution in [3.63, 3.8) is 0 Å². The molecule has 0 N–H and O–H groups in total. The van der Waals surface area contributed by atoms with Gasteiger partial charge in [0.25, 0.3) is 0 Å². The lowest BCUT2D eigenvalue weighted by Crippen LogP contribution is -2.42. The predicted octanol–water partition coefficient (Wildman–Crippen LogP) is 2.10. The zero-order chi connectivity index (χ0) is 12.1. The third kappa shape index (κ3) is 3.69. The molecule has 0 spiro atoms. The number of nitriles is 1. The van der Waals surface area contributed by atoms with E-state index in [4.69, 9.17) is 5.26 Å². The number of hydrogen-bond acceptors (Lipinski definition) is 3. The summed E-state index contributed by atoms with van der Waals surface area (Å²) in [6, 6.07) is 2.74. The summed E-state index contributed by atoms with van der Waals surface area (Å²) in [4.78, 5) is 5.13. The standard InChI is InChI=1S/C14H25N3/c1-13(4-7-15)17-10-5-14(6-11-17)12-16-8-2-3-9-16/h13-14H,2-6,8-12H2,1H3. The summed E-state index contributed by atoms with van der Waals surface area (Å²) >= 11 is 0. The van der Waals surface area contributed by atoms with Gasteiger partial charge in [-0.05, 0) is 64.7 Å². The molecule has 0 aromatic carbocycles. The highest BCUT2D eigenvalue weighted by molar-refractivity contribution is 4.84. The molecule has 17 heavy (non-hydrogen) atoms. The lowest BCUT2D eigenvalue weighted by atomic mass is 9.95. The van der Waals surface area contributed by atoms with Crippen LogP contribution in [-0.2, 0) is 0 Å². The minimum Gasteiger partial charge on any atom is -0.303 e. The first-order chi connectivity index (χ1) is 8.29. The summed E-state index contributed by atoms with van der Waals surface area (Å²) < 4.78 is 0. The Labute approximate surface area is 105 Å². The van der Waals surface area contributed by atoms with Crippen LogP contribution in [0.5, 0.6) is 0 Å². The summed E-state index contributed by atoms with van der Waals surface area (Å²) in [6.45, 7) is 8.54. The molecular formula is C14H25N3. The van der Waals surface area contributed by atoms with Crippen LogP contribution >= 0.6 is 0 Å². The largest absolute Gasteiger partial charge is 0.303 e. The van der Waals surface area contributed by atoms with Crippen molar-refractivity contribution >= 4 is 0 Å². The fourth-order valence-corrected chi connectivity index (χ4v) is 3.17. The Morgan fingerprint density at radius 3 is 2.41 bits per heavy atom. The van der Waals surface area contributed by atoms with E-state index in [0.717, 1.165) is 5.92 Å². The van der Waals surface area contributed by atoms with Gasteiger partial charge < -0.3 is 4.90 Å². The highest BCUT2D eigenvalue weighted by atomic mass is 15.2. The molecule has 96 valence electrons. The molecule has 1 unspecified atom stereocenters. The molecule has 0 aromatic heterocycles. The van der Waals surface area contributed by atoms with Gasteiger partial charge in [0.2, 0.25) is 0 Å². The van der Waals surface area contributed by atoms with E-state index in [0.29, 0.717) is 12.5 Å². The van der Waals surface area contributed by atoms with Crippen molar-refractivity contribution in [2.24, 2.45) is 5.92 Å². The van der Waals surface area contributed by atoms with E-state index >= 15 is 0 Å². The van der Waals surface area contributed by atoms with Gasteiger partial charge in [-0.1, -0.05) is 0 Å². The van der Waals surface area contributed by atoms with Gasteiger partial charge in [0.05, 0.1) is 12.5 Å². The van der Waals surface area contributed by atoms with Crippen LogP contribution < -0.4 is 0 Å². The van der Waals surface area contributed by atoms with Crippen LogP contribution in [0.3, 0.4) is 0 Å². The molecule has 3 heteroatoms. The Hall–Kier alpha value is -0.590. The second-order valence-corrected chi connectivity index (χ2v) is 5.70. The minimum absolute atomic E-state index is 0.452. The maximum atomic E-state index is 8.73. The Morgan fingerprint density at radius 1 is 1.18 bits per heavy atom. The lowest BCUT2D eigenvalue weighted by molar-refractivity contribution is 0.123. The summed E-state index contributed by atoms with van der Waals surface area (Å²) in [5.41, 5.74) is 0. The molecule has 3 nitrogen and oxygen atoms in total. The van der Waals surface area contributed by atoms with Crippen LogP contribution in [0.25, 0.3) is 0 Å². The third-order valence-electron chi connectivity index (χ3n) is 4.37. The normalized spacial score (nSPS) is 25.9. The number of likely N-dealkylation sites (tertiary alicyclic amines) is 2. The quantitative estimate of drug-likeness (QED) is 0.747. The molecule has 2 aliphatic heterocycles.